The van der Waals surface area contributed by atoms with Crippen LogP contribution in [0.1, 0.15) is 5.56 Å². The molecular formula is C14H17F3N2O2S. The van der Waals surface area contributed by atoms with Gasteiger partial charge in [0, 0.05) is 37.6 Å². The van der Waals surface area contributed by atoms with Crippen molar-refractivity contribution in [2.24, 2.45) is 0 Å². The lowest BCUT2D eigenvalue weighted by atomic mass is 10.2. The van der Waals surface area contributed by atoms with E-state index in [4.69, 9.17) is 5.11 Å². The van der Waals surface area contributed by atoms with Crippen molar-refractivity contribution in [2.75, 3.05) is 32.8 Å². The molecule has 0 atom stereocenters. The highest BCUT2D eigenvalue weighted by molar-refractivity contribution is 8.00. The predicted octanol–water partition coefficient (Wildman–Crippen LogP) is 1.94. The molecule has 1 saturated heterocycles. The molecule has 0 unspecified atom stereocenters. The fraction of sp³-hybridized carbons (Fsp3) is 0.500. The molecule has 1 aliphatic heterocycles. The summed E-state index contributed by atoms with van der Waals surface area (Å²) >= 11 is -0.115. The third-order valence-electron chi connectivity index (χ3n) is 3.40. The Balaban J connectivity index is 1.90. The summed E-state index contributed by atoms with van der Waals surface area (Å²) in [4.78, 5) is 15.2. The summed E-state index contributed by atoms with van der Waals surface area (Å²) in [7, 11) is 0. The molecule has 1 aliphatic rings. The van der Waals surface area contributed by atoms with Gasteiger partial charge >= 0.3 is 5.51 Å². The molecule has 8 heteroatoms. The number of carbonyl (C=O) groups excluding carboxylic acids is 1. The van der Waals surface area contributed by atoms with Crippen molar-refractivity contribution in [3.63, 3.8) is 0 Å². The van der Waals surface area contributed by atoms with Gasteiger partial charge in [0.25, 0.3) is 0 Å². The van der Waals surface area contributed by atoms with Crippen LogP contribution in [0, 0.1) is 0 Å². The molecule has 0 aliphatic carbocycles. The Hall–Kier alpha value is -1.25. The average Bonchev–Trinajstić information content (AvgIpc) is 2.46. The van der Waals surface area contributed by atoms with Crippen LogP contribution < -0.4 is 0 Å². The summed E-state index contributed by atoms with van der Waals surface area (Å²) in [5.74, 6) is -0.289. The first-order chi connectivity index (χ1) is 10.4. The molecule has 0 aromatic heterocycles. The highest BCUT2D eigenvalue weighted by Crippen LogP contribution is 2.37. The number of aliphatic hydroxyl groups excluding tert-OH is 1. The van der Waals surface area contributed by atoms with E-state index in [0.29, 0.717) is 32.7 Å². The summed E-state index contributed by atoms with van der Waals surface area (Å²) in [6.45, 7) is 2.39. The van der Waals surface area contributed by atoms with Crippen molar-refractivity contribution in [3.8, 4) is 0 Å². The van der Waals surface area contributed by atoms with E-state index in [0.717, 1.165) is 5.56 Å². The molecule has 1 fully saturated rings. The van der Waals surface area contributed by atoms with Gasteiger partial charge in [0.15, 0.2) is 0 Å². The minimum absolute atomic E-state index is 0.115. The lowest BCUT2D eigenvalue weighted by Gasteiger charge is -2.34. The molecule has 0 spiro atoms. The van der Waals surface area contributed by atoms with Crippen LogP contribution in [0.3, 0.4) is 0 Å². The van der Waals surface area contributed by atoms with Crippen molar-refractivity contribution in [2.45, 2.75) is 16.9 Å². The Morgan fingerprint density at radius 1 is 1.23 bits per heavy atom. The minimum Gasteiger partial charge on any atom is -0.387 e. The van der Waals surface area contributed by atoms with E-state index in [2.05, 4.69) is 4.90 Å². The van der Waals surface area contributed by atoms with Crippen molar-refractivity contribution < 1.29 is 23.1 Å². The summed E-state index contributed by atoms with van der Waals surface area (Å²) in [5.41, 5.74) is -3.47. The molecule has 1 N–H and O–H groups in total. The molecule has 0 bridgehead atoms. The summed E-state index contributed by atoms with van der Waals surface area (Å²) in [6, 6.07) is 6.41. The molecule has 1 aromatic rings. The van der Waals surface area contributed by atoms with E-state index >= 15 is 0 Å². The molecule has 0 saturated carbocycles. The van der Waals surface area contributed by atoms with Gasteiger partial charge < -0.3 is 10.0 Å². The molecule has 2 rings (SSSR count). The number of aliphatic hydroxyl groups is 1. The van der Waals surface area contributed by atoms with Crippen molar-refractivity contribution in [1.82, 2.24) is 9.80 Å². The normalized spacial score (nSPS) is 16.8. The number of carbonyl (C=O) groups is 1. The number of thioether (sulfide) groups is 1. The smallest absolute Gasteiger partial charge is 0.387 e. The number of halogens is 3. The van der Waals surface area contributed by atoms with Gasteiger partial charge in [-0.25, -0.2) is 0 Å². The second-order valence-corrected chi connectivity index (χ2v) is 6.15. The van der Waals surface area contributed by atoms with Crippen LogP contribution in [-0.2, 0) is 11.3 Å². The summed E-state index contributed by atoms with van der Waals surface area (Å²) in [6.07, 6.45) is 0. The molecule has 22 heavy (non-hydrogen) atoms. The van der Waals surface area contributed by atoms with Gasteiger partial charge in [0.05, 0.1) is 0 Å². The van der Waals surface area contributed by atoms with Gasteiger partial charge in [0.2, 0.25) is 5.91 Å². The van der Waals surface area contributed by atoms with Crippen LogP contribution in [0.25, 0.3) is 0 Å². The van der Waals surface area contributed by atoms with E-state index in [1.807, 2.05) is 0 Å². The van der Waals surface area contributed by atoms with Crippen LogP contribution in [0.15, 0.2) is 29.2 Å². The second kappa shape index (κ2) is 7.34. The maximum Gasteiger partial charge on any atom is 0.446 e. The van der Waals surface area contributed by atoms with Crippen molar-refractivity contribution >= 4 is 17.7 Å². The quantitative estimate of drug-likeness (QED) is 0.855. The number of hydrogen-bond acceptors (Lipinski definition) is 4. The third kappa shape index (κ3) is 5.19. The number of benzene rings is 1. The van der Waals surface area contributed by atoms with Gasteiger partial charge in [-0.3, -0.25) is 9.69 Å². The van der Waals surface area contributed by atoms with Gasteiger partial charge in [-0.15, -0.1) is 0 Å². The first-order valence-electron chi connectivity index (χ1n) is 6.83. The maximum absolute atomic E-state index is 12.4. The molecular weight excluding hydrogens is 317 g/mol. The molecule has 122 valence electrons. The van der Waals surface area contributed by atoms with Gasteiger partial charge in [0.1, 0.15) is 6.61 Å². The Kier molecular flexibility index (Phi) is 5.71. The van der Waals surface area contributed by atoms with Crippen molar-refractivity contribution in [3.05, 3.63) is 29.8 Å². The van der Waals surface area contributed by atoms with E-state index < -0.39 is 12.1 Å². The van der Waals surface area contributed by atoms with Crippen LogP contribution in [0.4, 0.5) is 13.2 Å². The SMILES string of the molecule is O=C(CO)N1CCN(Cc2cccc(SC(F)(F)F)c2)CC1. The zero-order valence-corrected chi connectivity index (χ0v) is 12.7. The maximum atomic E-state index is 12.4. The Morgan fingerprint density at radius 2 is 1.91 bits per heavy atom. The van der Waals surface area contributed by atoms with Gasteiger partial charge in [-0.05, 0) is 29.5 Å². The minimum atomic E-state index is -4.28. The van der Waals surface area contributed by atoms with E-state index in [9.17, 15) is 18.0 Å². The Morgan fingerprint density at radius 3 is 2.50 bits per heavy atom. The summed E-state index contributed by atoms with van der Waals surface area (Å²) < 4.78 is 37.1. The number of hydrogen-bond donors (Lipinski definition) is 1. The van der Waals surface area contributed by atoms with Crippen molar-refractivity contribution in [1.29, 1.82) is 0 Å². The molecule has 1 amide bonds. The highest BCUT2D eigenvalue weighted by Gasteiger charge is 2.29. The lowest BCUT2D eigenvalue weighted by molar-refractivity contribution is -0.136. The van der Waals surface area contributed by atoms with Crippen LogP contribution in [-0.4, -0.2) is 59.1 Å². The fourth-order valence-corrected chi connectivity index (χ4v) is 2.98. The van der Waals surface area contributed by atoms with Crippen LogP contribution in [0.5, 0.6) is 0 Å². The van der Waals surface area contributed by atoms with Gasteiger partial charge in [-0.2, -0.15) is 13.2 Å². The van der Waals surface area contributed by atoms with E-state index in [1.165, 1.54) is 6.07 Å². The number of amides is 1. The molecule has 4 nitrogen and oxygen atoms in total. The first-order valence-corrected chi connectivity index (χ1v) is 7.65. The Labute approximate surface area is 130 Å². The second-order valence-electron chi connectivity index (χ2n) is 5.01. The number of alkyl halides is 3. The predicted molar refractivity (Wildman–Crippen MR) is 77.3 cm³/mol. The van der Waals surface area contributed by atoms with Gasteiger partial charge in [-0.1, -0.05) is 12.1 Å². The first kappa shape index (κ1) is 17.1. The molecule has 1 aromatic carbocycles. The zero-order valence-electron chi connectivity index (χ0n) is 11.8. The average molecular weight is 334 g/mol. The number of nitrogens with zero attached hydrogens (tertiary/aromatic N) is 2. The fourth-order valence-electron chi connectivity index (χ4n) is 2.35. The monoisotopic (exact) mass is 334 g/mol. The highest BCUT2D eigenvalue weighted by atomic mass is 32.2. The zero-order chi connectivity index (χ0) is 16.2. The Bertz CT molecular complexity index is 517. The van der Waals surface area contributed by atoms with E-state index in [1.54, 1.807) is 23.1 Å². The van der Waals surface area contributed by atoms with E-state index in [-0.39, 0.29) is 22.6 Å². The van der Waals surface area contributed by atoms with Crippen LogP contribution in [0.2, 0.25) is 0 Å². The number of rotatable bonds is 4. The lowest BCUT2D eigenvalue weighted by Crippen LogP contribution is -2.49. The molecule has 1 heterocycles. The van der Waals surface area contributed by atoms with Crippen LogP contribution >= 0.6 is 11.8 Å². The standard InChI is InChI=1S/C14H17F3N2O2S/c15-14(16,17)22-12-3-1-2-11(8-12)9-18-4-6-19(7-5-18)13(21)10-20/h1-3,8,20H,4-7,9-10H2. The largest absolute Gasteiger partial charge is 0.446 e. The third-order valence-corrected chi connectivity index (χ3v) is 4.12. The molecule has 0 radical (unpaired) electrons. The summed E-state index contributed by atoms with van der Waals surface area (Å²) in [5, 5.41) is 8.81. The number of piperazine rings is 1. The topological polar surface area (TPSA) is 43.8 Å².